The predicted octanol–water partition coefficient (Wildman–Crippen LogP) is 4.29. The average Bonchev–Trinajstić information content (AvgIpc) is 3.11. The van der Waals surface area contributed by atoms with Gasteiger partial charge in [0, 0.05) is 31.2 Å². The number of hydrogen-bond donors (Lipinski definition) is 1. The van der Waals surface area contributed by atoms with Gasteiger partial charge >= 0.3 is 6.09 Å². The summed E-state index contributed by atoms with van der Waals surface area (Å²) in [7, 11) is 0. The van der Waals surface area contributed by atoms with Gasteiger partial charge in [0.1, 0.15) is 6.61 Å². The summed E-state index contributed by atoms with van der Waals surface area (Å²) in [5.74, 6) is 0.0693. The first kappa shape index (κ1) is 18.8. The average molecular weight is 399 g/mol. The van der Waals surface area contributed by atoms with Crippen LogP contribution < -0.4 is 5.32 Å². The van der Waals surface area contributed by atoms with E-state index < -0.39 is 0 Å². The molecule has 1 atom stereocenters. The van der Waals surface area contributed by atoms with E-state index in [0.717, 1.165) is 17.9 Å². The number of benzene rings is 2. The molecule has 0 radical (unpaired) electrons. The molecule has 5 rings (SSSR count). The SMILES string of the molecule is Cc1cccc(C2CNCCN2C(=O)OCC2c3ccccc3-c3ccccc32)n1. The number of pyridine rings is 1. The number of nitrogens with one attached hydrogen (secondary N) is 1. The maximum absolute atomic E-state index is 13.1. The smallest absolute Gasteiger partial charge is 0.410 e. The molecule has 1 N–H and O–H groups in total. The Morgan fingerprint density at radius 2 is 1.73 bits per heavy atom. The molecule has 5 heteroatoms. The van der Waals surface area contributed by atoms with E-state index in [9.17, 15) is 4.79 Å². The van der Waals surface area contributed by atoms with Gasteiger partial charge in [-0.1, -0.05) is 54.6 Å². The van der Waals surface area contributed by atoms with Crippen molar-refractivity contribution in [3.05, 3.63) is 89.2 Å². The number of aryl methyl sites for hydroxylation is 1. The fraction of sp³-hybridized carbons (Fsp3) is 0.280. The number of hydrogen-bond acceptors (Lipinski definition) is 4. The Kier molecular flexibility index (Phi) is 4.97. The van der Waals surface area contributed by atoms with E-state index >= 15 is 0 Å². The van der Waals surface area contributed by atoms with E-state index in [1.165, 1.54) is 22.3 Å². The van der Waals surface area contributed by atoms with Crippen molar-refractivity contribution in [2.45, 2.75) is 18.9 Å². The minimum Gasteiger partial charge on any atom is -0.448 e. The molecule has 0 saturated carbocycles. The Bertz CT molecular complexity index is 1040. The maximum Gasteiger partial charge on any atom is 0.410 e. The largest absolute Gasteiger partial charge is 0.448 e. The number of nitrogens with zero attached hydrogens (tertiary/aromatic N) is 2. The highest BCUT2D eigenvalue weighted by Crippen LogP contribution is 2.44. The molecule has 1 saturated heterocycles. The van der Waals surface area contributed by atoms with Gasteiger partial charge in [0.25, 0.3) is 0 Å². The summed E-state index contributed by atoms with van der Waals surface area (Å²) in [6.45, 7) is 4.35. The second kappa shape index (κ2) is 7.92. The highest BCUT2D eigenvalue weighted by molar-refractivity contribution is 5.79. The number of amides is 1. The van der Waals surface area contributed by atoms with E-state index in [2.05, 4.69) is 58.8 Å². The van der Waals surface area contributed by atoms with E-state index in [-0.39, 0.29) is 18.1 Å². The summed E-state index contributed by atoms with van der Waals surface area (Å²) in [5.41, 5.74) is 6.77. The minimum atomic E-state index is -0.272. The molecule has 0 bridgehead atoms. The summed E-state index contributed by atoms with van der Waals surface area (Å²) >= 11 is 0. The molecule has 2 heterocycles. The molecule has 1 amide bonds. The molecule has 1 unspecified atom stereocenters. The van der Waals surface area contributed by atoms with Gasteiger partial charge in [-0.15, -0.1) is 0 Å². The van der Waals surface area contributed by atoms with E-state index in [4.69, 9.17) is 4.74 Å². The standard InChI is InChI=1S/C25H25N3O2/c1-17-7-6-12-23(27-17)24-15-26-13-14-28(24)25(29)30-16-22-20-10-4-2-8-18(20)19-9-3-5-11-21(19)22/h2-12,22,24,26H,13-16H2,1H3. The molecular weight excluding hydrogens is 374 g/mol. The molecule has 1 aromatic heterocycles. The lowest BCUT2D eigenvalue weighted by molar-refractivity contribution is 0.0743. The zero-order valence-corrected chi connectivity index (χ0v) is 17.0. The third kappa shape index (κ3) is 3.35. The van der Waals surface area contributed by atoms with Crippen molar-refractivity contribution in [2.75, 3.05) is 26.2 Å². The van der Waals surface area contributed by atoms with Crippen LogP contribution in [0.25, 0.3) is 11.1 Å². The Morgan fingerprint density at radius 1 is 1.03 bits per heavy atom. The second-order valence-corrected chi connectivity index (χ2v) is 7.92. The first-order chi connectivity index (χ1) is 14.7. The zero-order chi connectivity index (χ0) is 20.5. The Hall–Kier alpha value is -3.18. The van der Waals surface area contributed by atoms with Gasteiger partial charge in [0.15, 0.2) is 0 Å². The monoisotopic (exact) mass is 399 g/mol. The van der Waals surface area contributed by atoms with Crippen molar-refractivity contribution in [3.63, 3.8) is 0 Å². The Balaban J connectivity index is 1.35. The predicted molar refractivity (Wildman–Crippen MR) is 116 cm³/mol. The van der Waals surface area contributed by atoms with Crippen LogP contribution in [0.15, 0.2) is 66.7 Å². The van der Waals surface area contributed by atoms with Crippen molar-refractivity contribution in [2.24, 2.45) is 0 Å². The van der Waals surface area contributed by atoms with Crippen LogP contribution in [-0.4, -0.2) is 42.2 Å². The number of fused-ring (bicyclic) bond motifs is 3. The summed E-state index contributed by atoms with van der Waals surface area (Å²) < 4.78 is 5.89. The highest BCUT2D eigenvalue weighted by Gasteiger charge is 2.33. The molecule has 1 aliphatic heterocycles. The molecule has 30 heavy (non-hydrogen) atoms. The van der Waals surface area contributed by atoms with Crippen LogP contribution in [0.5, 0.6) is 0 Å². The maximum atomic E-state index is 13.1. The topological polar surface area (TPSA) is 54.5 Å². The quantitative estimate of drug-likeness (QED) is 0.714. The van der Waals surface area contributed by atoms with Crippen LogP contribution in [0.1, 0.15) is 34.5 Å². The third-order valence-electron chi connectivity index (χ3n) is 6.07. The number of piperazine rings is 1. The van der Waals surface area contributed by atoms with E-state index in [1.54, 1.807) is 0 Å². The van der Waals surface area contributed by atoms with Crippen LogP contribution in [0.2, 0.25) is 0 Å². The molecule has 2 aliphatic rings. The highest BCUT2D eigenvalue weighted by atomic mass is 16.6. The van der Waals surface area contributed by atoms with Crippen molar-refractivity contribution in [1.29, 1.82) is 0 Å². The van der Waals surface area contributed by atoms with Crippen molar-refractivity contribution >= 4 is 6.09 Å². The molecule has 152 valence electrons. The number of aromatic nitrogens is 1. The summed E-state index contributed by atoms with van der Waals surface area (Å²) in [4.78, 5) is 19.5. The number of carbonyl (C=O) groups excluding carboxylic acids is 1. The zero-order valence-electron chi connectivity index (χ0n) is 17.0. The fourth-order valence-corrected chi connectivity index (χ4v) is 4.61. The van der Waals surface area contributed by atoms with Gasteiger partial charge in [-0.3, -0.25) is 9.88 Å². The summed E-state index contributed by atoms with van der Waals surface area (Å²) in [6.07, 6.45) is -0.272. The van der Waals surface area contributed by atoms with Crippen LogP contribution in [0, 0.1) is 6.92 Å². The molecule has 5 nitrogen and oxygen atoms in total. The van der Waals surface area contributed by atoms with Gasteiger partial charge in [-0.05, 0) is 41.3 Å². The van der Waals surface area contributed by atoms with E-state index in [0.29, 0.717) is 19.7 Å². The first-order valence-electron chi connectivity index (χ1n) is 10.5. The van der Waals surface area contributed by atoms with E-state index in [1.807, 2.05) is 30.0 Å². The van der Waals surface area contributed by atoms with Crippen LogP contribution >= 0.6 is 0 Å². The van der Waals surface area contributed by atoms with Crippen LogP contribution in [0.3, 0.4) is 0 Å². The second-order valence-electron chi connectivity index (χ2n) is 7.92. The van der Waals surface area contributed by atoms with Crippen molar-refractivity contribution in [3.8, 4) is 11.1 Å². The summed E-state index contributed by atoms with van der Waals surface area (Å²) in [5, 5.41) is 3.37. The molecule has 0 spiro atoms. The third-order valence-corrected chi connectivity index (χ3v) is 6.07. The molecule has 2 aromatic carbocycles. The molecule has 3 aromatic rings. The first-order valence-corrected chi connectivity index (χ1v) is 10.5. The van der Waals surface area contributed by atoms with Gasteiger partial charge in [0.2, 0.25) is 0 Å². The van der Waals surface area contributed by atoms with Gasteiger partial charge < -0.3 is 10.1 Å². The summed E-state index contributed by atoms with van der Waals surface area (Å²) in [6, 6.07) is 22.6. The van der Waals surface area contributed by atoms with Gasteiger partial charge in [-0.25, -0.2) is 4.79 Å². The lowest BCUT2D eigenvalue weighted by Gasteiger charge is -2.35. The fourth-order valence-electron chi connectivity index (χ4n) is 4.61. The minimum absolute atomic E-state index is 0.0693. The van der Waals surface area contributed by atoms with Crippen LogP contribution in [0.4, 0.5) is 4.79 Å². The number of rotatable bonds is 3. The normalized spacial score (nSPS) is 18.0. The Morgan fingerprint density at radius 3 is 2.43 bits per heavy atom. The van der Waals surface area contributed by atoms with Crippen LogP contribution in [-0.2, 0) is 4.74 Å². The van der Waals surface area contributed by atoms with Gasteiger partial charge in [0.05, 0.1) is 11.7 Å². The van der Waals surface area contributed by atoms with Gasteiger partial charge in [-0.2, -0.15) is 0 Å². The number of ether oxygens (including phenoxy) is 1. The number of carbonyl (C=O) groups is 1. The van der Waals surface area contributed by atoms with Crippen molar-refractivity contribution < 1.29 is 9.53 Å². The Labute approximate surface area is 176 Å². The lowest BCUT2D eigenvalue weighted by Crippen LogP contribution is -2.49. The lowest BCUT2D eigenvalue weighted by atomic mass is 9.98. The molecular formula is C25H25N3O2. The van der Waals surface area contributed by atoms with Crippen molar-refractivity contribution in [1.82, 2.24) is 15.2 Å². The molecule has 1 aliphatic carbocycles. The molecule has 1 fully saturated rings.